The smallest absolute Gasteiger partial charge is 0.118 e. The van der Waals surface area contributed by atoms with Crippen LogP contribution in [0.25, 0.3) is 22.3 Å². The molecule has 0 radical (unpaired) electrons. The lowest BCUT2D eigenvalue weighted by molar-refractivity contribution is 0.467. The van der Waals surface area contributed by atoms with E-state index < -0.39 is 0 Å². The third kappa shape index (κ3) is 6.15. The zero-order chi connectivity index (χ0) is 27.0. The predicted octanol–water partition coefficient (Wildman–Crippen LogP) is 8.29. The number of phenols is 2. The molecule has 0 saturated carbocycles. The Morgan fingerprint density at radius 1 is 0.538 bits per heavy atom. The zero-order valence-electron chi connectivity index (χ0n) is 22.4. The molecule has 39 heavy (non-hydrogen) atoms. The van der Waals surface area contributed by atoms with E-state index in [1.807, 2.05) is 36.4 Å². The molecule has 0 aliphatic carbocycles. The maximum atomic E-state index is 10.4. The van der Waals surface area contributed by atoms with E-state index in [2.05, 4.69) is 84.6 Å². The molecule has 0 aliphatic rings. The van der Waals surface area contributed by atoms with Crippen molar-refractivity contribution in [1.29, 1.82) is 0 Å². The van der Waals surface area contributed by atoms with Gasteiger partial charge in [0.1, 0.15) is 11.5 Å². The molecule has 0 bridgehead atoms. The van der Waals surface area contributed by atoms with Gasteiger partial charge in [-0.15, -0.1) is 0 Å². The number of rotatable bonds is 10. The van der Waals surface area contributed by atoms with Gasteiger partial charge in [0.05, 0.1) is 0 Å². The minimum Gasteiger partial charge on any atom is -0.508 e. The maximum absolute atomic E-state index is 10.4. The first-order chi connectivity index (χ1) is 19.1. The van der Waals surface area contributed by atoms with Crippen LogP contribution in [0, 0.1) is 0 Å². The van der Waals surface area contributed by atoms with E-state index in [9.17, 15) is 10.2 Å². The third-order valence-electron chi connectivity index (χ3n) is 7.40. The van der Waals surface area contributed by atoms with Gasteiger partial charge in [-0.05, 0) is 70.8 Å². The van der Waals surface area contributed by atoms with Crippen LogP contribution in [0.15, 0.2) is 121 Å². The summed E-state index contributed by atoms with van der Waals surface area (Å²) in [6.07, 6.45) is 2.39. The summed E-state index contributed by atoms with van der Waals surface area (Å²) in [5.74, 6) is 0.655. The number of aromatic hydroxyl groups is 2. The third-order valence-corrected chi connectivity index (χ3v) is 7.40. The van der Waals surface area contributed by atoms with E-state index in [0.29, 0.717) is 24.3 Å². The zero-order valence-corrected chi connectivity index (χ0v) is 22.4. The van der Waals surface area contributed by atoms with Gasteiger partial charge >= 0.3 is 0 Å². The second-order valence-corrected chi connectivity index (χ2v) is 9.86. The molecule has 3 heteroatoms. The first-order valence-electron chi connectivity index (χ1n) is 13.7. The normalized spacial score (nSPS) is 10.9. The van der Waals surface area contributed by atoms with Gasteiger partial charge in [-0.25, -0.2) is 0 Å². The monoisotopic (exact) mass is 513 g/mol. The van der Waals surface area contributed by atoms with Gasteiger partial charge in [0.15, 0.2) is 0 Å². The highest BCUT2D eigenvalue weighted by atomic mass is 16.3. The summed E-state index contributed by atoms with van der Waals surface area (Å²) in [7, 11) is 0. The highest BCUT2D eigenvalue weighted by Crippen LogP contribution is 2.39. The summed E-state index contributed by atoms with van der Waals surface area (Å²) in [5, 5.41) is 20.9. The number of hydrogen-bond donors (Lipinski definition) is 2. The first-order valence-corrected chi connectivity index (χ1v) is 13.7. The van der Waals surface area contributed by atoms with E-state index >= 15 is 0 Å². The molecule has 0 aromatic heterocycles. The van der Waals surface area contributed by atoms with Crippen molar-refractivity contribution in [1.82, 2.24) is 0 Å². The quantitative estimate of drug-likeness (QED) is 0.197. The fraction of sp³-hybridized carbons (Fsp3) is 0.167. The highest BCUT2D eigenvalue weighted by Gasteiger charge is 2.17. The number of benzene rings is 5. The Labute approximate surface area is 231 Å². The van der Waals surface area contributed by atoms with E-state index in [4.69, 9.17) is 0 Å². The Kier molecular flexibility index (Phi) is 8.28. The summed E-state index contributed by atoms with van der Waals surface area (Å²) in [5.41, 5.74) is 9.11. The lowest BCUT2D eigenvalue weighted by Gasteiger charge is -2.28. The summed E-state index contributed by atoms with van der Waals surface area (Å²) >= 11 is 0. The van der Waals surface area contributed by atoms with Crippen LogP contribution in [0.4, 0.5) is 5.69 Å². The van der Waals surface area contributed by atoms with Gasteiger partial charge in [-0.2, -0.15) is 0 Å². The molecule has 5 rings (SSSR count). The molecule has 0 unspecified atom stereocenters. The van der Waals surface area contributed by atoms with Crippen LogP contribution in [0.3, 0.4) is 0 Å². The van der Waals surface area contributed by atoms with Crippen molar-refractivity contribution in [2.75, 3.05) is 18.0 Å². The summed E-state index contributed by atoms with van der Waals surface area (Å²) < 4.78 is 0. The van der Waals surface area contributed by atoms with Gasteiger partial charge < -0.3 is 15.1 Å². The summed E-state index contributed by atoms with van der Waals surface area (Å²) in [6, 6.07) is 41.1. The van der Waals surface area contributed by atoms with Crippen molar-refractivity contribution in [3.8, 4) is 33.8 Å². The average molecular weight is 514 g/mol. The standard InChI is InChI=1S/C36H35NO2/c1-2-27-20-21-31(28-12-4-3-5-13-28)33(26-27)32-16-8-9-17-34(32)37(24-22-29-14-6-10-18-35(29)38)25-23-30-15-7-11-19-36(30)39/h3-21,26,38-39H,2,22-25H2,1H3. The van der Waals surface area contributed by atoms with Gasteiger partial charge in [0.25, 0.3) is 0 Å². The predicted molar refractivity (Wildman–Crippen MR) is 163 cm³/mol. The van der Waals surface area contributed by atoms with Crippen LogP contribution in [0.1, 0.15) is 23.6 Å². The largest absolute Gasteiger partial charge is 0.508 e. The Balaban J connectivity index is 1.57. The summed E-state index contributed by atoms with van der Waals surface area (Å²) in [4.78, 5) is 2.39. The number of phenolic OH excluding ortho intramolecular Hbond substituents is 2. The second-order valence-electron chi connectivity index (χ2n) is 9.86. The molecular formula is C36H35NO2. The molecule has 196 valence electrons. The van der Waals surface area contributed by atoms with Crippen LogP contribution in [-0.2, 0) is 19.3 Å². The number of anilines is 1. The Morgan fingerprint density at radius 2 is 1.10 bits per heavy atom. The average Bonchev–Trinajstić information content (AvgIpc) is 2.99. The van der Waals surface area contributed by atoms with Crippen LogP contribution in [-0.4, -0.2) is 23.3 Å². The van der Waals surface area contributed by atoms with Crippen LogP contribution in [0.5, 0.6) is 11.5 Å². The molecule has 3 nitrogen and oxygen atoms in total. The Hall–Kier alpha value is -4.50. The van der Waals surface area contributed by atoms with Crippen molar-refractivity contribution < 1.29 is 10.2 Å². The van der Waals surface area contributed by atoms with Crippen LogP contribution >= 0.6 is 0 Å². The molecule has 0 saturated heterocycles. The molecule has 0 atom stereocenters. The minimum atomic E-state index is 0.327. The van der Waals surface area contributed by atoms with E-state index in [1.54, 1.807) is 12.1 Å². The lowest BCUT2D eigenvalue weighted by Crippen LogP contribution is -2.29. The fourth-order valence-corrected chi connectivity index (χ4v) is 5.19. The van der Waals surface area contributed by atoms with Crippen LogP contribution < -0.4 is 4.90 Å². The summed E-state index contributed by atoms with van der Waals surface area (Å²) in [6.45, 7) is 3.66. The van der Waals surface area contributed by atoms with Crippen molar-refractivity contribution in [2.45, 2.75) is 26.2 Å². The molecule has 0 heterocycles. The van der Waals surface area contributed by atoms with E-state index in [-0.39, 0.29) is 0 Å². The Morgan fingerprint density at radius 3 is 1.72 bits per heavy atom. The van der Waals surface area contributed by atoms with Crippen molar-refractivity contribution >= 4 is 5.69 Å². The van der Waals surface area contributed by atoms with Crippen molar-refractivity contribution in [3.63, 3.8) is 0 Å². The fourth-order valence-electron chi connectivity index (χ4n) is 5.19. The van der Waals surface area contributed by atoms with Crippen molar-refractivity contribution in [3.05, 3.63) is 138 Å². The molecule has 0 amide bonds. The molecule has 5 aromatic carbocycles. The second kappa shape index (κ2) is 12.4. The maximum Gasteiger partial charge on any atom is 0.118 e. The molecule has 5 aromatic rings. The Bertz CT molecular complexity index is 1480. The van der Waals surface area contributed by atoms with Gasteiger partial charge in [-0.3, -0.25) is 0 Å². The SMILES string of the molecule is CCc1ccc(-c2ccccc2)c(-c2ccccc2N(CCc2ccccc2O)CCc2ccccc2O)c1. The topological polar surface area (TPSA) is 43.7 Å². The number of aryl methyl sites for hydroxylation is 1. The van der Waals surface area contributed by atoms with E-state index in [1.165, 1.54) is 27.8 Å². The first kappa shape index (κ1) is 26.1. The van der Waals surface area contributed by atoms with Gasteiger partial charge in [0.2, 0.25) is 0 Å². The molecule has 0 fully saturated rings. The van der Waals surface area contributed by atoms with Crippen LogP contribution in [0.2, 0.25) is 0 Å². The minimum absolute atomic E-state index is 0.327. The van der Waals surface area contributed by atoms with Gasteiger partial charge in [0, 0.05) is 24.3 Å². The number of nitrogens with zero attached hydrogens (tertiary/aromatic N) is 1. The number of hydrogen-bond acceptors (Lipinski definition) is 3. The van der Waals surface area contributed by atoms with E-state index in [0.717, 1.165) is 36.3 Å². The van der Waals surface area contributed by atoms with Gasteiger partial charge in [-0.1, -0.05) is 110 Å². The molecule has 2 N–H and O–H groups in total. The molecule has 0 aliphatic heterocycles. The molecular weight excluding hydrogens is 478 g/mol. The van der Waals surface area contributed by atoms with Crippen molar-refractivity contribution in [2.24, 2.45) is 0 Å². The highest BCUT2D eigenvalue weighted by molar-refractivity contribution is 5.90. The number of para-hydroxylation sites is 3. The molecule has 0 spiro atoms. The lowest BCUT2D eigenvalue weighted by atomic mass is 9.91.